The van der Waals surface area contributed by atoms with Crippen LogP contribution in [0.15, 0.2) is 108 Å². The molecule has 0 heterocycles. The Morgan fingerprint density at radius 3 is 1.53 bits per heavy atom. The van der Waals surface area contributed by atoms with Crippen LogP contribution in [0, 0.1) is 0 Å². The SMILES string of the molecule is C1=CCC=CC(C2(C3=CCCC=C3)c3ccccc3-c3ccccc32)=C1.CC.CC.CC.CC.CC. The first kappa shape index (κ1) is 33.1. The van der Waals surface area contributed by atoms with Gasteiger partial charge in [-0.2, -0.15) is 0 Å². The van der Waals surface area contributed by atoms with Crippen LogP contribution in [-0.2, 0) is 5.41 Å². The zero-order valence-electron chi connectivity index (χ0n) is 24.9. The van der Waals surface area contributed by atoms with Crippen molar-refractivity contribution in [2.75, 3.05) is 0 Å². The summed E-state index contributed by atoms with van der Waals surface area (Å²) < 4.78 is 0. The molecule has 0 amide bonds. The second-order valence-electron chi connectivity index (χ2n) is 7.17. The summed E-state index contributed by atoms with van der Waals surface area (Å²) in [5.74, 6) is 0. The highest BCUT2D eigenvalue weighted by Crippen LogP contribution is 2.57. The molecule has 3 aliphatic carbocycles. The van der Waals surface area contributed by atoms with Crippen molar-refractivity contribution in [3.8, 4) is 11.1 Å². The average molecular weight is 485 g/mol. The van der Waals surface area contributed by atoms with E-state index in [9.17, 15) is 0 Å². The lowest BCUT2D eigenvalue weighted by atomic mass is 9.65. The predicted molar refractivity (Wildman–Crippen MR) is 167 cm³/mol. The van der Waals surface area contributed by atoms with E-state index in [4.69, 9.17) is 0 Å². The molecule has 0 spiro atoms. The Labute approximate surface area is 224 Å². The van der Waals surface area contributed by atoms with Crippen molar-refractivity contribution in [2.45, 2.75) is 93.9 Å². The summed E-state index contributed by atoms with van der Waals surface area (Å²) in [6, 6.07) is 17.9. The summed E-state index contributed by atoms with van der Waals surface area (Å²) in [6.07, 6.45) is 21.8. The van der Waals surface area contributed by atoms with Crippen LogP contribution < -0.4 is 0 Å². The largest absolute Gasteiger partial charge is 0.0839 e. The minimum absolute atomic E-state index is 0.213. The molecule has 0 heteroatoms. The summed E-state index contributed by atoms with van der Waals surface area (Å²) in [6.45, 7) is 20.0. The number of rotatable bonds is 2. The van der Waals surface area contributed by atoms with E-state index in [0.29, 0.717) is 0 Å². The smallest absolute Gasteiger partial charge is 0.0710 e. The number of benzene rings is 2. The van der Waals surface area contributed by atoms with Crippen LogP contribution >= 0.6 is 0 Å². The zero-order valence-corrected chi connectivity index (χ0v) is 24.9. The van der Waals surface area contributed by atoms with Gasteiger partial charge in [0.2, 0.25) is 0 Å². The first-order valence-corrected chi connectivity index (χ1v) is 14.5. The average Bonchev–Trinajstić information content (AvgIpc) is 3.12. The standard InChI is InChI=1S/C26H22.5C2H6/c1-2-5-13-20(12-4-1)26(21-14-6-3-7-15-21)24-18-10-8-16-22(24)23-17-9-11-19-25(23)26;5*1-2/h1,4-6,8-19H,2-3,7H2;5*1-2H3. The van der Waals surface area contributed by atoms with Gasteiger partial charge >= 0.3 is 0 Å². The van der Waals surface area contributed by atoms with Crippen molar-refractivity contribution in [2.24, 2.45) is 0 Å². The molecule has 196 valence electrons. The van der Waals surface area contributed by atoms with E-state index in [1.54, 1.807) is 0 Å². The van der Waals surface area contributed by atoms with E-state index in [1.165, 1.54) is 33.4 Å². The van der Waals surface area contributed by atoms with E-state index in [0.717, 1.165) is 19.3 Å². The van der Waals surface area contributed by atoms with Crippen molar-refractivity contribution in [3.05, 3.63) is 119 Å². The van der Waals surface area contributed by atoms with Gasteiger partial charge in [-0.15, -0.1) is 0 Å². The highest BCUT2D eigenvalue weighted by Gasteiger charge is 2.47. The quantitative estimate of drug-likeness (QED) is 0.397. The number of fused-ring (bicyclic) bond motifs is 3. The van der Waals surface area contributed by atoms with Crippen LogP contribution in [0.25, 0.3) is 11.1 Å². The molecule has 3 aliphatic rings. The summed E-state index contributed by atoms with van der Waals surface area (Å²) >= 11 is 0. The summed E-state index contributed by atoms with van der Waals surface area (Å²) in [4.78, 5) is 0. The molecule has 0 unspecified atom stereocenters. The van der Waals surface area contributed by atoms with Crippen LogP contribution in [-0.4, -0.2) is 0 Å². The van der Waals surface area contributed by atoms with Crippen molar-refractivity contribution in [1.29, 1.82) is 0 Å². The molecule has 0 atom stereocenters. The van der Waals surface area contributed by atoms with Crippen LogP contribution in [0.2, 0.25) is 0 Å². The molecule has 0 nitrogen and oxygen atoms in total. The van der Waals surface area contributed by atoms with Gasteiger partial charge in [0.05, 0.1) is 5.41 Å². The van der Waals surface area contributed by atoms with Gasteiger partial charge in [0.25, 0.3) is 0 Å². The first-order valence-electron chi connectivity index (χ1n) is 14.5. The van der Waals surface area contributed by atoms with Gasteiger partial charge in [0, 0.05) is 0 Å². The van der Waals surface area contributed by atoms with Crippen molar-refractivity contribution in [3.63, 3.8) is 0 Å². The van der Waals surface area contributed by atoms with Gasteiger partial charge in [-0.3, -0.25) is 0 Å². The van der Waals surface area contributed by atoms with Crippen LogP contribution in [0.3, 0.4) is 0 Å². The first-order chi connectivity index (χ1) is 17.9. The lowest BCUT2D eigenvalue weighted by Gasteiger charge is -2.36. The van der Waals surface area contributed by atoms with Crippen LogP contribution in [0.1, 0.15) is 99.6 Å². The lowest BCUT2D eigenvalue weighted by Crippen LogP contribution is -2.30. The van der Waals surface area contributed by atoms with Gasteiger partial charge in [-0.25, -0.2) is 0 Å². The fourth-order valence-corrected chi connectivity index (χ4v) is 4.74. The van der Waals surface area contributed by atoms with Crippen LogP contribution in [0.4, 0.5) is 0 Å². The lowest BCUT2D eigenvalue weighted by molar-refractivity contribution is 0.750. The molecular weight excluding hydrogens is 432 g/mol. The fourth-order valence-electron chi connectivity index (χ4n) is 4.74. The molecule has 0 N–H and O–H groups in total. The van der Waals surface area contributed by atoms with E-state index in [1.807, 2.05) is 69.2 Å². The maximum atomic E-state index is 2.45. The monoisotopic (exact) mass is 484 g/mol. The van der Waals surface area contributed by atoms with Gasteiger partial charge in [0.15, 0.2) is 0 Å². The molecule has 36 heavy (non-hydrogen) atoms. The third kappa shape index (κ3) is 6.88. The topological polar surface area (TPSA) is 0 Å². The molecule has 0 aliphatic heterocycles. The van der Waals surface area contributed by atoms with Crippen molar-refractivity contribution < 1.29 is 0 Å². The molecule has 5 rings (SSSR count). The molecule has 0 bridgehead atoms. The normalized spacial score (nSPS) is 14.8. The maximum Gasteiger partial charge on any atom is 0.0710 e. The summed E-state index contributed by atoms with van der Waals surface area (Å²) in [7, 11) is 0. The molecule has 0 radical (unpaired) electrons. The Kier molecular flexibility index (Phi) is 17.8. The minimum atomic E-state index is -0.213. The Balaban J connectivity index is 0.00000110. The number of hydrogen-bond acceptors (Lipinski definition) is 0. The van der Waals surface area contributed by atoms with E-state index in [-0.39, 0.29) is 5.41 Å². The van der Waals surface area contributed by atoms with Gasteiger partial charge in [-0.1, -0.05) is 166 Å². The highest BCUT2D eigenvalue weighted by atomic mass is 14.5. The van der Waals surface area contributed by atoms with Crippen molar-refractivity contribution >= 4 is 0 Å². The Morgan fingerprint density at radius 2 is 1.03 bits per heavy atom. The molecule has 2 aromatic carbocycles. The number of hydrogen-bond donors (Lipinski definition) is 0. The fraction of sp³-hybridized carbons (Fsp3) is 0.389. The van der Waals surface area contributed by atoms with Gasteiger partial charge in [-0.05, 0) is 52.7 Å². The Hall–Kier alpha value is -2.86. The second-order valence-corrected chi connectivity index (χ2v) is 7.17. The molecule has 0 fully saturated rings. The summed E-state index contributed by atoms with van der Waals surface area (Å²) in [5.41, 5.74) is 8.11. The predicted octanol–water partition coefficient (Wildman–Crippen LogP) is 11.8. The molecule has 0 saturated heterocycles. The Bertz CT molecular complexity index is 962. The zero-order chi connectivity index (χ0) is 27.4. The van der Waals surface area contributed by atoms with Gasteiger partial charge in [0.1, 0.15) is 0 Å². The summed E-state index contributed by atoms with van der Waals surface area (Å²) in [5, 5.41) is 0. The van der Waals surface area contributed by atoms with Crippen LogP contribution in [0.5, 0.6) is 0 Å². The maximum absolute atomic E-state index is 2.45. The van der Waals surface area contributed by atoms with E-state index >= 15 is 0 Å². The molecule has 0 saturated carbocycles. The van der Waals surface area contributed by atoms with E-state index < -0.39 is 0 Å². The third-order valence-corrected chi connectivity index (χ3v) is 5.79. The molecule has 2 aromatic rings. The number of allylic oxidation sites excluding steroid dienone is 10. The highest BCUT2D eigenvalue weighted by molar-refractivity contribution is 5.87. The minimum Gasteiger partial charge on any atom is -0.0839 e. The van der Waals surface area contributed by atoms with Gasteiger partial charge < -0.3 is 0 Å². The Morgan fingerprint density at radius 1 is 0.528 bits per heavy atom. The second kappa shape index (κ2) is 19.3. The third-order valence-electron chi connectivity index (χ3n) is 5.79. The molecular formula is C36H52. The van der Waals surface area contributed by atoms with E-state index in [2.05, 4.69) is 97.1 Å². The molecule has 0 aromatic heterocycles. The van der Waals surface area contributed by atoms with Crippen molar-refractivity contribution in [1.82, 2.24) is 0 Å².